The van der Waals surface area contributed by atoms with Crippen LogP contribution < -0.4 is 4.90 Å². The highest BCUT2D eigenvalue weighted by Crippen LogP contribution is 2.29. The summed E-state index contributed by atoms with van der Waals surface area (Å²) in [6.45, 7) is 2.77. The number of anilines is 1. The number of halogens is 1. The quantitative estimate of drug-likeness (QED) is 0.923. The van der Waals surface area contributed by atoms with Crippen LogP contribution in [-0.2, 0) is 6.54 Å². The zero-order valence-electron chi connectivity index (χ0n) is 10.5. The van der Waals surface area contributed by atoms with E-state index in [0.717, 1.165) is 10.0 Å². The Morgan fingerprint density at radius 1 is 1.11 bits per heavy atom. The van der Waals surface area contributed by atoms with Gasteiger partial charge in [-0.1, -0.05) is 30.3 Å². The number of aryl methyl sites for hydroxylation is 1. The molecule has 0 bridgehead atoms. The molecule has 0 spiro atoms. The Morgan fingerprint density at radius 3 is 2.56 bits per heavy atom. The molecule has 2 aromatic carbocycles. The Morgan fingerprint density at radius 2 is 1.83 bits per heavy atom. The van der Waals surface area contributed by atoms with E-state index in [-0.39, 0.29) is 0 Å². The summed E-state index contributed by atoms with van der Waals surface area (Å²) in [5.41, 5.74) is 3.32. The van der Waals surface area contributed by atoms with Gasteiger partial charge in [0.25, 0.3) is 0 Å². The van der Waals surface area contributed by atoms with Gasteiger partial charge in [0.2, 0.25) is 0 Å². The molecule has 2 rings (SSSR count). The molecule has 0 fully saturated rings. The summed E-state index contributed by atoms with van der Waals surface area (Å²) in [6.07, 6.45) is 0. The second kappa shape index (κ2) is 5.44. The van der Waals surface area contributed by atoms with Gasteiger partial charge in [-0.05, 0) is 40.5 Å². The Hall–Kier alpha value is -1.48. The molecular weight excluding hydrogens is 290 g/mol. The van der Waals surface area contributed by atoms with Gasteiger partial charge < -0.3 is 10.0 Å². The Balaban J connectivity index is 2.24. The lowest BCUT2D eigenvalue weighted by Crippen LogP contribution is -2.17. The molecule has 0 amide bonds. The molecule has 1 N–H and O–H groups in total. The van der Waals surface area contributed by atoms with Crippen LogP contribution in [0, 0.1) is 6.92 Å². The number of para-hydroxylation sites is 2. The van der Waals surface area contributed by atoms with Crippen molar-refractivity contribution in [3.63, 3.8) is 0 Å². The van der Waals surface area contributed by atoms with Crippen molar-refractivity contribution in [2.45, 2.75) is 13.5 Å². The summed E-state index contributed by atoms with van der Waals surface area (Å²) in [4.78, 5) is 2.14. The maximum absolute atomic E-state index is 9.99. The molecule has 0 heterocycles. The highest BCUT2D eigenvalue weighted by atomic mass is 79.9. The van der Waals surface area contributed by atoms with E-state index in [2.05, 4.69) is 39.9 Å². The fourth-order valence-corrected chi connectivity index (χ4v) is 2.43. The number of hydrogen-bond donors (Lipinski definition) is 1. The molecule has 0 aliphatic carbocycles. The first-order valence-electron chi connectivity index (χ1n) is 5.82. The highest BCUT2D eigenvalue weighted by Gasteiger charge is 2.09. The molecule has 0 aromatic heterocycles. The number of benzene rings is 2. The molecule has 0 aliphatic heterocycles. The highest BCUT2D eigenvalue weighted by molar-refractivity contribution is 9.10. The molecule has 94 valence electrons. The zero-order valence-corrected chi connectivity index (χ0v) is 12.1. The lowest BCUT2D eigenvalue weighted by Gasteiger charge is -2.22. The predicted molar refractivity (Wildman–Crippen MR) is 79.1 cm³/mol. The molecule has 0 aliphatic rings. The molecule has 18 heavy (non-hydrogen) atoms. The van der Waals surface area contributed by atoms with Crippen LogP contribution in [0.1, 0.15) is 11.1 Å². The average molecular weight is 306 g/mol. The summed E-state index contributed by atoms with van der Waals surface area (Å²) in [5.74, 6) is 0.318. The number of phenolic OH excluding ortho intramolecular Hbond substituents is 1. The van der Waals surface area contributed by atoms with Gasteiger partial charge >= 0.3 is 0 Å². The van der Waals surface area contributed by atoms with E-state index >= 15 is 0 Å². The summed E-state index contributed by atoms with van der Waals surface area (Å²) in [6, 6.07) is 14.0. The summed E-state index contributed by atoms with van der Waals surface area (Å²) in [7, 11) is 2.03. The van der Waals surface area contributed by atoms with Crippen LogP contribution in [0.5, 0.6) is 5.75 Å². The maximum Gasteiger partial charge on any atom is 0.134 e. The molecule has 0 saturated carbocycles. The normalized spacial score (nSPS) is 10.4. The van der Waals surface area contributed by atoms with Gasteiger partial charge in [0.15, 0.2) is 0 Å². The van der Waals surface area contributed by atoms with Gasteiger partial charge in [0.1, 0.15) is 5.75 Å². The third-order valence-corrected chi connectivity index (χ3v) is 3.64. The number of nitrogens with zero attached hydrogens (tertiary/aromatic N) is 1. The maximum atomic E-state index is 9.99. The first-order valence-corrected chi connectivity index (χ1v) is 6.62. The second-order valence-electron chi connectivity index (χ2n) is 4.39. The minimum absolute atomic E-state index is 0.318. The van der Waals surface area contributed by atoms with Crippen molar-refractivity contribution >= 4 is 21.6 Å². The summed E-state index contributed by atoms with van der Waals surface area (Å²) < 4.78 is 0.734. The van der Waals surface area contributed by atoms with E-state index in [1.54, 1.807) is 0 Å². The Kier molecular flexibility index (Phi) is 3.92. The van der Waals surface area contributed by atoms with Crippen molar-refractivity contribution in [3.05, 3.63) is 58.1 Å². The van der Waals surface area contributed by atoms with Crippen LogP contribution in [0.15, 0.2) is 46.9 Å². The molecule has 3 heteroatoms. The Bertz CT molecular complexity index is 554. The van der Waals surface area contributed by atoms with Gasteiger partial charge in [-0.3, -0.25) is 0 Å². The van der Waals surface area contributed by atoms with E-state index in [9.17, 15) is 5.11 Å². The monoisotopic (exact) mass is 305 g/mol. The molecule has 0 atom stereocenters. The fraction of sp³-hybridized carbons (Fsp3) is 0.200. The SMILES string of the molecule is Cc1ccccc1N(C)Cc1cccc(Br)c1O. The largest absolute Gasteiger partial charge is 0.506 e. The number of hydrogen-bond acceptors (Lipinski definition) is 2. The lowest BCUT2D eigenvalue weighted by atomic mass is 10.1. The Labute approximate surface area is 116 Å². The summed E-state index contributed by atoms with van der Waals surface area (Å²) >= 11 is 3.34. The van der Waals surface area contributed by atoms with Gasteiger partial charge in [0, 0.05) is 24.8 Å². The lowest BCUT2D eigenvalue weighted by molar-refractivity contribution is 0.464. The topological polar surface area (TPSA) is 23.5 Å². The van der Waals surface area contributed by atoms with E-state index in [1.165, 1.54) is 11.3 Å². The van der Waals surface area contributed by atoms with E-state index in [1.807, 2.05) is 37.4 Å². The number of aromatic hydroxyl groups is 1. The zero-order chi connectivity index (χ0) is 13.1. The standard InChI is InChI=1S/C15H16BrNO/c1-11-6-3-4-9-14(11)17(2)10-12-7-5-8-13(16)15(12)18/h3-9,18H,10H2,1-2H3. The first-order chi connectivity index (χ1) is 8.59. The van der Waals surface area contributed by atoms with Crippen molar-refractivity contribution < 1.29 is 5.11 Å². The van der Waals surface area contributed by atoms with E-state index in [4.69, 9.17) is 0 Å². The summed E-state index contributed by atoms with van der Waals surface area (Å²) in [5, 5.41) is 9.99. The molecule has 2 aromatic rings. The van der Waals surface area contributed by atoms with Crippen LogP contribution in [0.4, 0.5) is 5.69 Å². The predicted octanol–water partition coefficient (Wildman–Crippen LogP) is 4.10. The van der Waals surface area contributed by atoms with Crippen LogP contribution >= 0.6 is 15.9 Å². The fourth-order valence-electron chi connectivity index (χ4n) is 2.02. The van der Waals surface area contributed by atoms with Crippen molar-refractivity contribution in [2.24, 2.45) is 0 Å². The van der Waals surface area contributed by atoms with Crippen LogP contribution in [0.2, 0.25) is 0 Å². The van der Waals surface area contributed by atoms with Crippen molar-refractivity contribution in [2.75, 3.05) is 11.9 Å². The van der Waals surface area contributed by atoms with Crippen molar-refractivity contribution in [1.82, 2.24) is 0 Å². The molecule has 2 nitrogen and oxygen atoms in total. The van der Waals surface area contributed by atoms with Gasteiger partial charge in [-0.2, -0.15) is 0 Å². The van der Waals surface area contributed by atoms with Crippen LogP contribution in [-0.4, -0.2) is 12.2 Å². The smallest absolute Gasteiger partial charge is 0.134 e. The third-order valence-electron chi connectivity index (χ3n) is 3.00. The minimum atomic E-state index is 0.318. The number of phenols is 1. The second-order valence-corrected chi connectivity index (χ2v) is 5.24. The van der Waals surface area contributed by atoms with Gasteiger partial charge in [0.05, 0.1) is 4.47 Å². The molecular formula is C15H16BrNO. The van der Waals surface area contributed by atoms with Crippen LogP contribution in [0.25, 0.3) is 0 Å². The van der Waals surface area contributed by atoms with Crippen molar-refractivity contribution in [1.29, 1.82) is 0 Å². The molecule has 0 radical (unpaired) electrons. The van der Waals surface area contributed by atoms with E-state index in [0.29, 0.717) is 12.3 Å². The minimum Gasteiger partial charge on any atom is -0.506 e. The van der Waals surface area contributed by atoms with Crippen molar-refractivity contribution in [3.8, 4) is 5.75 Å². The molecule has 0 unspecified atom stereocenters. The van der Waals surface area contributed by atoms with Crippen LogP contribution in [0.3, 0.4) is 0 Å². The number of rotatable bonds is 3. The van der Waals surface area contributed by atoms with E-state index < -0.39 is 0 Å². The van der Waals surface area contributed by atoms with Gasteiger partial charge in [-0.25, -0.2) is 0 Å². The third kappa shape index (κ3) is 2.67. The first kappa shape index (κ1) is 13.0. The molecule has 0 saturated heterocycles. The average Bonchev–Trinajstić information content (AvgIpc) is 2.35. The van der Waals surface area contributed by atoms with Gasteiger partial charge in [-0.15, -0.1) is 0 Å².